The van der Waals surface area contributed by atoms with Gasteiger partial charge in [-0.3, -0.25) is 9.59 Å². The summed E-state index contributed by atoms with van der Waals surface area (Å²) in [6.45, 7) is 3.40. The van der Waals surface area contributed by atoms with Gasteiger partial charge in [-0.1, -0.05) is 6.92 Å². The van der Waals surface area contributed by atoms with E-state index in [-0.39, 0.29) is 18.6 Å². The molecule has 5 nitrogen and oxygen atoms in total. The molecule has 0 aromatic carbocycles. The van der Waals surface area contributed by atoms with Crippen LogP contribution in [0.15, 0.2) is 10.5 Å². The Bertz CT molecular complexity index is 421. The summed E-state index contributed by atoms with van der Waals surface area (Å²) in [4.78, 5) is 21.1. The summed E-state index contributed by atoms with van der Waals surface area (Å²) in [5.74, 6) is -0.379. The average Bonchev–Trinajstić information content (AvgIpc) is 2.68. The van der Waals surface area contributed by atoms with Gasteiger partial charge in [-0.2, -0.15) is 0 Å². The largest absolute Gasteiger partial charge is 0.481 e. The molecule has 1 unspecified atom stereocenters. The first-order chi connectivity index (χ1) is 7.92. The maximum Gasteiger partial charge on any atom is 0.303 e. The van der Waals surface area contributed by atoms with Crippen molar-refractivity contribution in [2.45, 2.75) is 38.7 Å². The van der Waals surface area contributed by atoms with E-state index in [9.17, 15) is 14.7 Å². The molecule has 94 valence electrons. The van der Waals surface area contributed by atoms with Crippen molar-refractivity contribution in [1.29, 1.82) is 0 Å². The van der Waals surface area contributed by atoms with E-state index in [2.05, 4.69) is 0 Å². The third kappa shape index (κ3) is 2.94. The summed E-state index contributed by atoms with van der Waals surface area (Å²) in [5, 5.41) is 19.0. The Kier molecular flexibility index (Phi) is 4.07. The van der Waals surface area contributed by atoms with E-state index in [0.717, 1.165) is 0 Å². The number of aliphatic hydroxyl groups is 1. The molecular formula is C12H16O5. The molecule has 1 atom stereocenters. The van der Waals surface area contributed by atoms with Crippen LogP contribution in [0.1, 0.15) is 48.1 Å². The minimum absolute atomic E-state index is 0.0947. The van der Waals surface area contributed by atoms with Gasteiger partial charge in [-0.25, -0.2) is 0 Å². The highest BCUT2D eigenvalue weighted by Gasteiger charge is 2.31. The van der Waals surface area contributed by atoms with Gasteiger partial charge in [0.1, 0.15) is 5.76 Å². The number of aryl methyl sites for hydroxylation is 1. The van der Waals surface area contributed by atoms with Gasteiger partial charge in [0.15, 0.2) is 12.0 Å². The van der Waals surface area contributed by atoms with Gasteiger partial charge in [0.25, 0.3) is 0 Å². The molecule has 17 heavy (non-hydrogen) atoms. The Morgan fingerprint density at radius 2 is 2.24 bits per heavy atom. The molecule has 0 radical (unpaired) electrons. The topological polar surface area (TPSA) is 87.7 Å². The van der Waals surface area contributed by atoms with Crippen molar-refractivity contribution in [3.63, 3.8) is 0 Å². The van der Waals surface area contributed by atoms with E-state index in [0.29, 0.717) is 24.0 Å². The van der Waals surface area contributed by atoms with Crippen LogP contribution in [0.5, 0.6) is 0 Å². The van der Waals surface area contributed by atoms with Crippen LogP contribution in [-0.2, 0) is 10.4 Å². The minimum atomic E-state index is -1.26. The predicted octanol–water partition coefficient (Wildman–Crippen LogP) is 1.86. The first-order valence-corrected chi connectivity index (χ1v) is 5.43. The second-order valence-corrected chi connectivity index (χ2v) is 4.02. The Labute approximate surface area is 99.1 Å². The third-order valence-corrected chi connectivity index (χ3v) is 2.89. The molecule has 0 amide bonds. The van der Waals surface area contributed by atoms with Crippen molar-refractivity contribution in [3.8, 4) is 0 Å². The number of aldehydes is 1. The molecule has 1 aromatic rings. The Morgan fingerprint density at radius 3 is 2.65 bits per heavy atom. The van der Waals surface area contributed by atoms with Gasteiger partial charge in [0.05, 0.1) is 5.60 Å². The lowest BCUT2D eigenvalue weighted by Crippen LogP contribution is -2.26. The van der Waals surface area contributed by atoms with Crippen molar-refractivity contribution in [3.05, 3.63) is 23.2 Å². The van der Waals surface area contributed by atoms with Crippen molar-refractivity contribution in [1.82, 2.24) is 0 Å². The number of aliphatic carboxylic acids is 1. The number of carbonyl (C=O) groups excluding carboxylic acids is 1. The number of carboxylic acids is 1. The van der Waals surface area contributed by atoms with Crippen LogP contribution in [0.2, 0.25) is 0 Å². The number of hydrogen-bond donors (Lipinski definition) is 2. The summed E-state index contributed by atoms with van der Waals surface area (Å²) in [6.07, 6.45) is 0.881. The maximum absolute atomic E-state index is 10.6. The van der Waals surface area contributed by atoms with Crippen LogP contribution < -0.4 is 0 Å². The van der Waals surface area contributed by atoms with E-state index in [1.165, 1.54) is 6.07 Å². The number of hydrogen-bond acceptors (Lipinski definition) is 4. The van der Waals surface area contributed by atoms with Crippen LogP contribution in [0.4, 0.5) is 0 Å². The number of furan rings is 1. The van der Waals surface area contributed by atoms with E-state index in [1.54, 1.807) is 13.8 Å². The van der Waals surface area contributed by atoms with Gasteiger partial charge in [-0.05, 0) is 25.8 Å². The SMILES string of the molecule is CCC(O)(CCC(=O)O)c1cc(C=O)oc1C. The lowest BCUT2D eigenvalue weighted by atomic mass is 9.87. The van der Waals surface area contributed by atoms with E-state index >= 15 is 0 Å². The fraction of sp³-hybridized carbons (Fsp3) is 0.500. The molecule has 1 rings (SSSR count). The smallest absolute Gasteiger partial charge is 0.303 e. The van der Waals surface area contributed by atoms with Crippen LogP contribution in [0.3, 0.4) is 0 Å². The Hall–Kier alpha value is -1.62. The zero-order valence-electron chi connectivity index (χ0n) is 9.90. The molecule has 0 aliphatic carbocycles. The Balaban J connectivity index is 3.01. The van der Waals surface area contributed by atoms with Crippen molar-refractivity contribution >= 4 is 12.3 Å². The zero-order chi connectivity index (χ0) is 13.1. The van der Waals surface area contributed by atoms with Gasteiger partial charge < -0.3 is 14.6 Å². The lowest BCUT2D eigenvalue weighted by molar-refractivity contribution is -0.138. The predicted molar refractivity (Wildman–Crippen MR) is 59.9 cm³/mol. The highest BCUT2D eigenvalue weighted by atomic mass is 16.4. The molecule has 2 N–H and O–H groups in total. The maximum atomic E-state index is 10.6. The summed E-state index contributed by atoms with van der Waals surface area (Å²) >= 11 is 0. The second-order valence-electron chi connectivity index (χ2n) is 4.02. The molecule has 0 spiro atoms. The van der Waals surface area contributed by atoms with Crippen molar-refractivity contribution in [2.24, 2.45) is 0 Å². The monoisotopic (exact) mass is 240 g/mol. The van der Waals surface area contributed by atoms with E-state index < -0.39 is 11.6 Å². The standard InChI is InChI=1S/C12H16O5/c1-3-12(16,5-4-11(14)15)10-6-9(7-13)17-8(10)2/h6-7,16H,3-5H2,1-2H3,(H,14,15). The Morgan fingerprint density at radius 1 is 1.59 bits per heavy atom. The number of rotatable bonds is 6. The molecule has 0 fully saturated rings. The van der Waals surface area contributed by atoms with Crippen molar-refractivity contribution < 1.29 is 24.2 Å². The highest BCUT2D eigenvalue weighted by molar-refractivity contribution is 5.71. The highest BCUT2D eigenvalue weighted by Crippen LogP contribution is 2.33. The summed E-state index contributed by atoms with van der Waals surface area (Å²) in [7, 11) is 0. The molecule has 1 aromatic heterocycles. The number of carboxylic acid groups (broad SMARTS) is 1. The van der Waals surface area contributed by atoms with Gasteiger partial charge in [0.2, 0.25) is 0 Å². The molecule has 0 aliphatic rings. The minimum Gasteiger partial charge on any atom is -0.481 e. The zero-order valence-corrected chi connectivity index (χ0v) is 9.90. The first kappa shape index (κ1) is 13.4. The summed E-state index contributed by atoms with van der Waals surface area (Å²) < 4.78 is 5.14. The van der Waals surface area contributed by atoms with E-state index in [4.69, 9.17) is 9.52 Å². The molecule has 5 heteroatoms. The van der Waals surface area contributed by atoms with Gasteiger partial charge in [-0.15, -0.1) is 0 Å². The van der Waals surface area contributed by atoms with Crippen molar-refractivity contribution in [2.75, 3.05) is 0 Å². The van der Waals surface area contributed by atoms with Gasteiger partial charge >= 0.3 is 5.97 Å². The molecule has 1 heterocycles. The number of carbonyl (C=O) groups is 2. The van der Waals surface area contributed by atoms with E-state index in [1.807, 2.05) is 0 Å². The lowest BCUT2D eigenvalue weighted by Gasteiger charge is -2.25. The molecule has 0 aliphatic heterocycles. The van der Waals surface area contributed by atoms with Crippen LogP contribution in [0.25, 0.3) is 0 Å². The van der Waals surface area contributed by atoms with Crippen LogP contribution in [-0.4, -0.2) is 22.5 Å². The molecule has 0 saturated heterocycles. The summed E-state index contributed by atoms with van der Waals surface area (Å²) in [5.41, 5.74) is -0.767. The third-order valence-electron chi connectivity index (χ3n) is 2.89. The van der Waals surface area contributed by atoms with Crippen LogP contribution >= 0.6 is 0 Å². The van der Waals surface area contributed by atoms with Gasteiger partial charge in [0, 0.05) is 12.0 Å². The quantitative estimate of drug-likeness (QED) is 0.741. The summed E-state index contributed by atoms with van der Waals surface area (Å²) in [6, 6.07) is 1.47. The normalized spacial score (nSPS) is 14.3. The second kappa shape index (κ2) is 5.14. The molecule has 0 bridgehead atoms. The fourth-order valence-corrected chi connectivity index (χ4v) is 1.84. The molecular weight excluding hydrogens is 224 g/mol. The molecule has 0 saturated carbocycles. The van der Waals surface area contributed by atoms with Crippen LogP contribution in [0, 0.1) is 6.92 Å². The first-order valence-electron chi connectivity index (χ1n) is 5.43. The fourth-order valence-electron chi connectivity index (χ4n) is 1.84. The average molecular weight is 240 g/mol.